The molecule has 7 nitrogen and oxygen atoms in total. The third-order valence-corrected chi connectivity index (χ3v) is 6.50. The predicted molar refractivity (Wildman–Crippen MR) is 148 cm³/mol. The molecule has 0 unspecified atom stereocenters. The molecule has 0 amide bonds. The van der Waals surface area contributed by atoms with E-state index in [1.807, 2.05) is 43.4 Å². The molecule has 1 aromatic carbocycles. The molecule has 0 aliphatic carbocycles. The van der Waals surface area contributed by atoms with Gasteiger partial charge in [0.2, 0.25) is 0 Å². The van der Waals surface area contributed by atoms with Gasteiger partial charge in [0.1, 0.15) is 16.6 Å². The Hall–Kier alpha value is -1.13. The van der Waals surface area contributed by atoms with Crippen LogP contribution in [0.2, 0.25) is 0 Å². The van der Waals surface area contributed by atoms with Crippen molar-refractivity contribution in [3.63, 3.8) is 0 Å². The second-order valence-corrected chi connectivity index (χ2v) is 9.61. The van der Waals surface area contributed by atoms with Crippen molar-refractivity contribution in [2.24, 2.45) is 0 Å². The van der Waals surface area contributed by atoms with Crippen LogP contribution >= 0.6 is 36.6 Å². The van der Waals surface area contributed by atoms with E-state index < -0.39 is 0 Å². The molecule has 0 saturated heterocycles. The third-order valence-electron chi connectivity index (χ3n) is 5.01. The van der Waals surface area contributed by atoms with Crippen LogP contribution < -0.4 is 15.0 Å². The standard InChI is InChI=1S/C23H33N5OS3.CO.Tc/c1-27(2)22-7-4-18(17-25-22)23-26-20-6-5-19(16-21(20)32-23)29-13-3-10-28(12-15-31)11-8-24-9-14-30;1-2;/h4-7,16-17,24,30-31H,3,8-15H2,1-2H3;;/q;;+7/i;;1+1. The average Bonchev–Trinajstić information content (AvgIpc) is 3.29. The first kappa shape index (κ1) is 31.9. The van der Waals surface area contributed by atoms with E-state index in [1.165, 1.54) is 0 Å². The molecule has 0 bridgehead atoms. The Balaban J connectivity index is 0.00000199. The van der Waals surface area contributed by atoms with Gasteiger partial charge in [0, 0.05) is 70.1 Å². The number of hydrogen-bond donors (Lipinski definition) is 3. The molecule has 0 aliphatic heterocycles. The van der Waals surface area contributed by atoms with E-state index in [9.17, 15) is 0 Å². The van der Waals surface area contributed by atoms with Gasteiger partial charge in [0.05, 0.1) is 16.8 Å². The summed E-state index contributed by atoms with van der Waals surface area (Å²) in [5.41, 5.74) is 2.02. The topological polar surface area (TPSA) is 73.4 Å². The van der Waals surface area contributed by atoms with Crippen LogP contribution in [0.4, 0.5) is 5.82 Å². The number of thiazole rings is 1. The van der Waals surface area contributed by atoms with Crippen molar-refractivity contribution in [1.29, 1.82) is 0 Å². The fourth-order valence-corrected chi connectivity index (χ4v) is 4.72. The number of pyridine rings is 1. The molecule has 3 rings (SSSR count). The van der Waals surface area contributed by atoms with Gasteiger partial charge in [-0.15, -0.1) is 11.3 Å². The molecule has 1 N–H and O–H groups in total. The summed E-state index contributed by atoms with van der Waals surface area (Å²) in [6.45, 7) is 10.1. The number of nitrogens with zero attached hydrogens (tertiary/aromatic N) is 4. The first-order valence-electron chi connectivity index (χ1n) is 11.1. The van der Waals surface area contributed by atoms with Crippen LogP contribution in [-0.4, -0.2) is 79.8 Å². The minimum atomic E-state index is 0. The molecule has 35 heavy (non-hydrogen) atoms. The number of nitrogens with one attached hydrogen (secondary N) is 1. The Kier molecular flexibility index (Phi) is 16.6. The van der Waals surface area contributed by atoms with Gasteiger partial charge in [-0.1, -0.05) is 0 Å². The molecular formula is C24H33N5O2S3Tc+7. The van der Waals surface area contributed by atoms with Gasteiger partial charge in [0.15, 0.2) is 0 Å². The van der Waals surface area contributed by atoms with Crippen LogP contribution in [0.1, 0.15) is 6.42 Å². The van der Waals surface area contributed by atoms with E-state index in [2.05, 4.69) is 59.2 Å². The summed E-state index contributed by atoms with van der Waals surface area (Å²) in [7, 11) is 3.98. The maximum atomic E-state index is 7.50. The van der Waals surface area contributed by atoms with Crippen LogP contribution in [0.25, 0.3) is 20.8 Å². The number of ether oxygens (including phenoxy) is 1. The number of benzene rings is 1. The summed E-state index contributed by atoms with van der Waals surface area (Å²) in [6, 6.07) is 10.2. The summed E-state index contributed by atoms with van der Waals surface area (Å²) in [6.07, 6.45) is 2.87. The van der Waals surface area contributed by atoms with Gasteiger partial charge in [-0.25, -0.2) is 9.97 Å². The van der Waals surface area contributed by atoms with Crippen LogP contribution in [0.5, 0.6) is 5.75 Å². The minimum absolute atomic E-state index is 0. The Morgan fingerprint density at radius 3 is 2.51 bits per heavy atom. The van der Waals surface area contributed by atoms with Crippen molar-refractivity contribution < 1.29 is 29.5 Å². The van der Waals surface area contributed by atoms with Gasteiger partial charge >= 0.3 is 31.4 Å². The normalized spacial score (nSPS) is 10.5. The second kappa shape index (κ2) is 18.2. The summed E-state index contributed by atoms with van der Waals surface area (Å²) in [5.74, 6) is 3.56. The third kappa shape index (κ3) is 10.8. The number of rotatable bonds is 14. The van der Waals surface area contributed by atoms with Gasteiger partial charge in [-0.2, -0.15) is 25.3 Å². The number of thiol groups is 2. The molecule has 0 fully saturated rings. The van der Waals surface area contributed by atoms with Crippen molar-refractivity contribution in [3.05, 3.63) is 43.2 Å². The molecule has 184 valence electrons. The first-order chi connectivity index (χ1) is 16.6. The van der Waals surface area contributed by atoms with Crippen LogP contribution in [0.3, 0.4) is 0 Å². The van der Waals surface area contributed by atoms with Gasteiger partial charge in [0.25, 0.3) is 0 Å². The summed E-state index contributed by atoms with van der Waals surface area (Å²) < 4.78 is 14.7. The van der Waals surface area contributed by atoms with Crippen molar-refractivity contribution in [2.75, 3.05) is 69.8 Å². The molecule has 3 aromatic rings. The Morgan fingerprint density at radius 1 is 1.06 bits per heavy atom. The zero-order valence-electron chi connectivity index (χ0n) is 20.1. The van der Waals surface area contributed by atoms with Crippen molar-refractivity contribution in [2.45, 2.75) is 6.42 Å². The zero-order chi connectivity index (χ0) is 24.8. The van der Waals surface area contributed by atoms with Crippen molar-refractivity contribution in [3.8, 4) is 16.3 Å². The van der Waals surface area contributed by atoms with Crippen LogP contribution in [0, 0.1) is 6.65 Å². The fraction of sp³-hybridized carbons (Fsp3) is 0.458. The quantitative estimate of drug-likeness (QED) is 0.110. The molecule has 2 heterocycles. The summed E-state index contributed by atoms with van der Waals surface area (Å²) >= 11 is 10.3. The van der Waals surface area contributed by atoms with E-state index in [4.69, 9.17) is 14.4 Å². The fourth-order valence-electron chi connectivity index (χ4n) is 3.29. The SMILES string of the molecule is CN(C)c1ccc(-c2nc3ccc(OCCCN(CCS)CCNCCS)cc3s2)cn1.[99Tc+7].[C-]#[O+]. The van der Waals surface area contributed by atoms with E-state index >= 15 is 0 Å². The van der Waals surface area contributed by atoms with Gasteiger partial charge < -0.3 is 19.9 Å². The van der Waals surface area contributed by atoms with Crippen LogP contribution in [0.15, 0.2) is 36.5 Å². The maximum absolute atomic E-state index is 7.50. The number of anilines is 1. The van der Waals surface area contributed by atoms with Crippen molar-refractivity contribution in [1.82, 2.24) is 20.2 Å². The average molecular weight is 619 g/mol. The van der Waals surface area contributed by atoms with Gasteiger partial charge in [-0.3, -0.25) is 0 Å². The molecule has 0 spiro atoms. The van der Waals surface area contributed by atoms with Crippen LogP contribution in [-0.2, 0) is 24.8 Å². The monoisotopic (exact) mass is 618 g/mol. The molecule has 0 aliphatic rings. The van der Waals surface area contributed by atoms with E-state index in [-0.39, 0.29) is 20.1 Å². The molecular weight excluding hydrogens is 585 g/mol. The zero-order valence-corrected chi connectivity index (χ0v) is 24.6. The van der Waals surface area contributed by atoms with E-state index in [1.54, 1.807) is 11.3 Å². The predicted octanol–water partition coefficient (Wildman–Crippen LogP) is 3.90. The second-order valence-electron chi connectivity index (χ2n) is 7.69. The van der Waals surface area contributed by atoms with Crippen molar-refractivity contribution >= 4 is 52.6 Å². The van der Waals surface area contributed by atoms with E-state index in [0.717, 1.165) is 83.0 Å². The Labute approximate surface area is 236 Å². The molecule has 0 atom stereocenters. The van der Waals surface area contributed by atoms with E-state index in [0.29, 0.717) is 6.61 Å². The molecule has 0 saturated carbocycles. The Morgan fingerprint density at radius 2 is 1.86 bits per heavy atom. The summed E-state index contributed by atoms with van der Waals surface area (Å²) in [5, 5.41) is 4.37. The number of hydrogen-bond acceptors (Lipinski definition) is 9. The first-order valence-corrected chi connectivity index (χ1v) is 13.2. The summed E-state index contributed by atoms with van der Waals surface area (Å²) in [4.78, 5) is 13.7. The molecule has 11 heteroatoms. The molecule has 0 radical (unpaired) electrons. The number of fused-ring (bicyclic) bond motifs is 1. The molecule has 2 aromatic heterocycles. The number of aromatic nitrogens is 2. The van der Waals surface area contributed by atoms with Gasteiger partial charge in [-0.05, 0) is 36.8 Å². The Bertz CT molecular complexity index is 1000.